The zero-order valence-electron chi connectivity index (χ0n) is 28.7. The number of primary amides is 1. The Kier molecular flexibility index (Phi) is 17.0. The van der Waals surface area contributed by atoms with E-state index < -0.39 is 23.9 Å². The van der Waals surface area contributed by atoms with Crippen LogP contribution in [0.3, 0.4) is 0 Å². The highest BCUT2D eigenvalue weighted by Gasteiger charge is 2.29. The van der Waals surface area contributed by atoms with Gasteiger partial charge in [0.15, 0.2) is 0 Å². The standard InChI is InChI=1S/C23H28N4O4.C15H21NO3/c24-12-6-5-11-20(22(29)26-13-21(25)28)27-23(30)31-14-19-17-9-3-1-7-15(17)16-8-2-4-10-18(16)19;1-2-3-11-16-14(17)9-10-15(18)19-12-13-7-5-4-6-8-13/h1-4,7-10,19-20H,5-6,11-14,24H2,(H2,25,28)(H,26,29)(H,27,30);4-8H,2-3,9-12H2,1H3,(H,16,17). The molecule has 1 aliphatic carbocycles. The molecule has 1 unspecified atom stereocenters. The zero-order chi connectivity index (χ0) is 36.1. The number of ether oxygens (including phenoxy) is 2. The van der Waals surface area contributed by atoms with Gasteiger partial charge in [-0.05, 0) is 60.0 Å². The van der Waals surface area contributed by atoms with Crippen molar-refractivity contribution in [3.05, 3.63) is 95.6 Å². The van der Waals surface area contributed by atoms with Gasteiger partial charge < -0.3 is 36.9 Å². The second-order valence-corrected chi connectivity index (χ2v) is 11.8. The molecule has 4 amide bonds. The number of rotatable bonds is 18. The fourth-order valence-corrected chi connectivity index (χ4v) is 5.36. The van der Waals surface area contributed by atoms with E-state index in [1.54, 1.807) is 0 Å². The van der Waals surface area contributed by atoms with Gasteiger partial charge in [-0.1, -0.05) is 92.2 Å². The highest BCUT2D eigenvalue weighted by atomic mass is 16.5. The Labute approximate surface area is 293 Å². The van der Waals surface area contributed by atoms with E-state index in [4.69, 9.17) is 20.9 Å². The molecular formula is C38H49N5O7. The first kappa shape index (κ1) is 39.2. The van der Waals surface area contributed by atoms with Crippen LogP contribution in [0.25, 0.3) is 11.1 Å². The van der Waals surface area contributed by atoms with Crippen LogP contribution in [0.15, 0.2) is 78.9 Å². The molecule has 0 spiro atoms. The zero-order valence-corrected chi connectivity index (χ0v) is 28.7. The maximum absolute atomic E-state index is 12.5. The molecule has 268 valence electrons. The molecule has 3 aromatic carbocycles. The lowest BCUT2D eigenvalue weighted by Gasteiger charge is -2.19. The van der Waals surface area contributed by atoms with Crippen molar-refractivity contribution in [3.63, 3.8) is 0 Å². The molecule has 12 heteroatoms. The third kappa shape index (κ3) is 13.3. The van der Waals surface area contributed by atoms with Crippen LogP contribution in [-0.4, -0.2) is 62.1 Å². The number of carbonyl (C=O) groups excluding carboxylic acids is 5. The Morgan fingerprint density at radius 3 is 2.04 bits per heavy atom. The van der Waals surface area contributed by atoms with Gasteiger partial charge >= 0.3 is 12.1 Å². The first-order chi connectivity index (χ1) is 24.2. The summed E-state index contributed by atoms with van der Waals surface area (Å²) in [5.41, 5.74) is 16.0. The number of esters is 1. The van der Waals surface area contributed by atoms with Crippen molar-refractivity contribution in [2.45, 2.75) is 70.4 Å². The number of fused-ring (bicyclic) bond motifs is 3. The first-order valence-corrected chi connectivity index (χ1v) is 17.1. The molecule has 50 heavy (non-hydrogen) atoms. The Balaban J connectivity index is 0.000000305. The van der Waals surface area contributed by atoms with Gasteiger partial charge in [-0.15, -0.1) is 0 Å². The number of carbonyl (C=O) groups is 5. The Hall–Kier alpha value is -5.23. The summed E-state index contributed by atoms with van der Waals surface area (Å²) >= 11 is 0. The lowest BCUT2D eigenvalue weighted by molar-refractivity contribution is -0.146. The molecule has 0 saturated carbocycles. The van der Waals surface area contributed by atoms with Gasteiger partial charge in [-0.25, -0.2) is 4.79 Å². The molecular weight excluding hydrogens is 638 g/mol. The molecule has 1 aliphatic rings. The van der Waals surface area contributed by atoms with Gasteiger partial charge in [0.2, 0.25) is 17.7 Å². The summed E-state index contributed by atoms with van der Waals surface area (Å²) in [6, 6.07) is 24.8. The number of unbranched alkanes of at least 4 members (excludes halogenated alkanes) is 2. The summed E-state index contributed by atoms with van der Waals surface area (Å²) < 4.78 is 10.6. The minimum atomic E-state index is -0.832. The summed E-state index contributed by atoms with van der Waals surface area (Å²) in [4.78, 5) is 58.6. The van der Waals surface area contributed by atoms with Crippen LogP contribution in [0, 0.1) is 0 Å². The summed E-state index contributed by atoms with van der Waals surface area (Å²) in [6.45, 7) is 3.34. The lowest BCUT2D eigenvalue weighted by Crippen LogP contribution is -2.48. The summed E-state index contributed by atoms with van der Waals surface area (Å²) in [5.74, 6) is -1.64. The van der Waals surface area contributed by atoms with Crippen molar-refractivity contribution in [3.8, 4) is 11.1 Å². The molecule has 0 bridgehead atoms. The minimum absolute atomic E-state index is 0.0717. The molecule has 7 N–H and O–H groups in total. The van der Waals surface area contributed by atoms with Crippen LogP contribution < -0.4 is 27.4 Å². The predicted molar refractivity (Wildman–Crippen MR) is 190 cm³/mol. The van der Waals surface area contributed by atoms with Crippen LogP contribution in [0.2, 0.25) is 0 Å². The van der Waals surface area contributed by atoms with Crippen LogP contribution in [-0.2, 0) is 35.3 Å². The number of hydrogen-bond donors (Lipinski definition) is 5. The molecule has 0 radical (unpaired) electrons. The Bertz CT molecular complexity index is 1500. The van der Waals surface area contributed by atoms with Gasteiger partial charge in [-0.2, -0.15) is 0 Å². The highest BCUT2D eigenvalue weighted by molar-refractivity contribution is 5.89. The fraction of sp³-hybridized carbons (Fsp3) is 0.395. The molecule has 0 saturated heterocycles. The van der Waals surface area contributed by atoms with Crippen LogP contribution in [0.4, 0.5) is 4.79 Å². The van der Waals surface area contributed by atoms with Gasteiger partial charge in [0, 0.05) is 18.9 Å². The number of alkyl carbamates (subject to hydrolysis) is 1. The number of amides is 4. The maximum Gasteiger partial charge on any atom is 0.407 e. The van der Waals surface area contributed by atoms with Gasteiger partial charge in [0.25, 0.3) is 0 Å². The topological polar surface area (TPSA) is 192 Å². The van der Waals surface area contributed by atoms with E-state index in [0.29, 0.717) is 32.4 Å². The number of nitrogens with two attached hydrogens (primary N) is 2. The molecule has 4 rings (SSSR count). The van der Waals surface area contributed by atoms with Crippen molar-refractivity contribution in [2.24, 2.45) is 11.5 Å². The molecule has 0 aliphatic heterocycles. The van der Waals surface area contributed by atoms with Gasteiger partial charge in [0.1, 0.15) is 19.3 Å². The average molecular weight is 688 g/mol. The van der Waals surface area contributed by atoms with Crippen molar-refractivity contribution in [1.82, 2.24) is 16.0 Å². The van der Waals surface area contributed by atoms with E-state index >= 15 is 0 Å². The monoisotopic (exact) mass is 687 g/mol. The SMILES string of the molecule is CCCCNC(=O)CCC(=O)OCc1ccccc1.NCCCCC(NC(=O)OCC1c2ccccc2-c2ccccc21)C(=O)NCC(N)=O. The number of hydrogen-bond acceptors (Lipinski definition) is 8. The van der Waals surface area contributed by atoms with Crippen molar-refractivity contribution >= 4 is 29.8 Å². The molecule has 3 aromatic rings. The molecule has 12 nitrogen and oxygen atoms in total. The van der Waals surface area contributed by atoms with Gasteiger partial charge in [-0.3, -0.25) is 19.2 Å². The summed E-state index contributed by atoms with van der Waals surface area (Å²) in [7, 11) is 0. The van der Waals surface area contributed by atoms with E-state index in [-0.39, 0.29) is 50.4 Å². The van der Waals surface area contributed by atoms with E-state index in [1.807, 2.05) is 66.7 Å². The van der Waals surface area contributed by atoms with E-state index in [9.17, 15) is 24.0 Å². The Morgan fingerprint density at radius 1 is 0.780 bits per heavy atom. The minimum Gasteiger partial charge on any atom is -0.461 e. The largest absolute Gasteiger partial charge is 0.461 e. The second kappa shape index (κ2) is 21.7. The third-order valence-corrected chi connectivity index (χ3v) is 7.99. The second-order valence-electron chi connectivity index (χ2n) is 11.8. The first-order valence-electron chi connectivity index (χ1n) is 17.1. The maximum atomic E-state index is 12.5. The number of benzene rings is 3. The van der Waals surface area contributed by atoms with Crippen molar-refractivity contribution < 1.29 is 33.4 Å². The van der Waals surface area contributed by atoms with Crippen molar-refractivity contribution in [2.75, 3.05) is 26.2 Å². The average Bonchev–Trinajstić information content (AvgIpc) is 3.45. The number of nitrogens with one attached hydrogen (secondary N) is 3. The normalized spacial score (nSPS) is 11.9. The van der Waals surface area contributed by atoms with E-state index in [1.165, 1.54) is 0 Å². The highest BCUT2D eigenvalue weighted by Crippen LogP contribution is 2.44. The third-order valence-electron chi connectivity index (χ3n) is 7.99. The molecule has 1 atom stereocenters. The molecule has 0 fully saturated rings. The van der Waals surface area contributed by atoms with Crippen LogP contribution in [0.1, 0.15) is 74.5 Å². The van der Waals surface area contributed by atoms with Crippen molar-refractivity contribution in [1.29, 1.82) is 0 Å². The van der Waals surface area contributed by atoms with Crippen LogP contribution in [0.5, 0.6) is 0 Å². The Morgan fingerprint density at radius 2 is 1.42 bits per heavy atom. The van der Waals surface area contributed by atoms with Gasteiger partial charge in [0.05, 0.1) is 13.0 Å². The molecule has 0 aromatic heterocycles. The fourth-order valence-electron chi connectivity index (χ4n) is 5.36. The molecule has 0 heterocycles. The van der Waals surface area contributed by atoms with E-state index in [2.05, 4.69) is 35.0 Å². The quantitative estimate of drug-likeness (QED) is 0.0977. The van der Waals surface area contributed by atoms with Crippen LogP contribution >= 0.6 is 0 Å². The summed E-state index contributed by atoms with van der Waals surface area (Å²) in [5, 5.41) is 7.79. The lowest BCUT2D eigenvalue weighted by atomic mass is 9.98. The summed E-state index contributed by atoms with van der Waals surface area (Å²) in [6.07, 6.45) is 3.38. The van der Waals surface area contributed by atoms with E-state index in [0.717, 1.165) is 40.7 Å². The smallest absolute Gasteiger partial charge is 0.407 e. The predicted octanol–water partition coefficient (Wildman–Crippen LogP) is 4.05.